The Morgan fingerprint density at radius 3 is 1.78 bits per heavy atom. The molecule has 0 amide bonds. The van der Waals surface area contributed by atoms with E-state index < -0.39 is 0 Å². The first kappa shape index (κ1) is 20.9. The molecule has 0 radical (unpaired) electrons. The molecule has 0 bridgehead atoms. The lowest BCUT2D eigenvalue weighted by atomic mass is 9.98. The Labute approximate surface area is 142 Å². The zero-order valence-electron chi connectivity index (χ0n) is 15.3. The van der Waals surface area contributed by atoms with Crippen molar-refractivity contribution in [1.82, 2.24) is 0 Å². The van der Waals surface area contributed by atoms with Crippen LogP contribution in [0.2, 0.25) is 0 Å². The maximum atomic E-state index is 8.28. The van der Waals surface area contributed by atoms with Gasteiger partial charge in [-0.1, -0.05) is 101 Å². The van der Waals surface area contributed by atoms with Gasteiger partial charge in [0.15, 0.2) is 0 Å². The number of rotatable bonds is 5. The summed E-state index contributed by atoms with van der Waals surface area (Å²) in [5.74, 6) is 0. The van der Waals surface area contributed by atoms with Crippen LogP contribution in [0.1, 0.15) is 52.2 Å². The number of hydrogen-bond donors (Lipinski definition) is 1. The molecule has 0 aliphatic heterocycles. The van der Waals surface area contributed by atoms with E-state index in [4.69, 9.17) is 5.41 Å². The highest BCUT2D eigenvalue weighted by Crippen LogP contribution is 2.13. The van der Waals surface area contributed by atoms with Gasteiger partial charge in [0.05, 0.1) is 5.71 Å². The second-order valence-corrected chi connectivity index (χ2v) is 4.51. The average Bonchev–Trinajstić information content (AvgIpc) is 2.67. The Morgan fingerprint density at radius 2 is 1.30 bits per heavy atom. The third-order valence-electron chi connectivity index (χ3n) is 3.19. The Hall–Kier alpha value is -2.15. The van der Waals surface area contributed by atoms with Crippen molar-refractivity contribution < 1.29 is 0 Å². The molecular formula is C22H31N. The summed E-state index contributed by atoms with van der Waals surface area (Å²) >= 11 is 0. The van der Waals surface area contributed by atoms with Crippen LogP contribution in [-0.4, -0.2) is 5.71 Å². The lowest BCUT2D eigenvalue weighted by Crippen LogP contribution is -2.03. The molecule has 1 nitrogen and oxygen atoms in total. The van der Waals surface area contributed by atoms with Gasteiger partial charge in [-0.05, 0) is 29.5 Å². The zero-order valence-corrected chi connectivity index (χ0v) is 15.3. The van der Waals surface area contributed by atoms with E-state index in [0.29, 0.717) is 5.71 Å². The van der Waals surface area contributed by atoms with Gasteiger partial charge >= 0.3 is 0 Å². The quantitative estimate of drug-likeness (QED) is 0.595. The number of nitrogens with one attached hydrogen (secondary N) is 1. The van der Waals surface area contributed by atoms with Crippen LogP contribution in [0.3, 0.4) is 0 Å². The van der Waals surface area contributed by atoms with E-state index in [0.717, 1.165) is 24.0 Å². The third kappa shape index (κ3) is 7.60. The van der Waals surface area contributed by atoms with Gasteiger partial charge < -0.3 is 0 Å². The molecule has 2 aromatic carbocycles. The van der Waals surface area contributed by atoms with Crippen LogP contribution >= 0.6 is 0 Å². The second kappa shape index (κ2) is 13.5. The average molecular weight is 309 g/mol. The Morgan fingerprint density at radius 1 is 0.826 bits per heavy atom. The number of hydrogen-bond acceptors (Lipinski definition) is 1. The molecule has 1 heteroatoms. The lowest BCUT2D eigenvalue weighted by Gasteiger charge is -2.07. The Bertz CT molecular complexity index is 553. The van der Waals surface area contributed by atoms with E-state index in [1.807, 2.05) is 64.1 Å². The van der Waals surface area contributed by atoms with E-state index in [1.165, 1.54) is 5.56 Å². The fourth-order valence-electron chi connectivity index (χ4n) is 2.07. The van der Waals surface area contributed by atoms with Crippen LogP contribution in [0.25, 0.3) is 0 Å². The minimum absolute atomic E-state index is 0.638. The van der Waals surface area contributed by atoms with E-state index in [1.54, 1.807) is 0 Å². The summed E-state index contributed by atoms with van der Waals surface area (Å²) in [5.41, 5.74) is 4.02. The summed E-state index contributed by atoms with van der Waals surface area (Å²) < 4.78 is 0. The molecule has 1 N–H and O–H groups in total. The molecule has 124 valence electrons. The molecule has 2 rings (SSSR count). The van der Waals surface area contributed by atoms with Gasteiger partial charge in [-0.15, -0.1) is 0 Å². The molecular weight excluding hydrogens is 278 g/mol. The lowest BCUT2D eigenvalue weighted by molar-refractivity contribution is 1.12. The molecule has 0 fully saturated rings. The minimum Gasteiger partial charge on any atom is -0.300 e. The largest absolute Gasteiger partial charge is 0.300 e. The SMILES string of the molecule is CC.CC.CC/C(=C/Cc1ccccc1)C(=N)c1ccccc1. The van der Waals surface area contributed by atoms with E-state index >= 15 is 0 Å². The summed E-state index contributed by atoms with van der Waals surface area (Å²) in [6.07, 6.45) is 3.95. The maximum Gasteiger partial charge on any atom is 0.0640 e. The Balaban J connectivity index is 0.00000112. The molecule has 23 heavy (non-hydrogen) atoms. The number of benzene rings is 2. The normalized spacial score (nSPS) is 9.87. The molecule has 0 aromatic heterocycles. The molecule has 0 atom stereocenters. The predicted molar refractivity (Wildman–Crippen MR) is 104 cm³/mol. The van der Waals surface area contributed by atoms with Gasteiger partial charge in [-0.25, -0.2) is 0 Å². The topological polar surface area (TPSA) is 23.9 Å². The first-order valence-corrected chi connectivity index (χ1v) is 8.68. The molecule has 0 saturated heterocycles. The third-order valence-corrected chi connectivity index (χ3v) is 3.19. The summed E-state index contributed by atoms with van der Waals surface area (Å²) in [7, 11) is 0. The van der Waals surface area contributed by atoms with Crippen molar-refractivity contribution in [3.8, 4) is 0 Å². The van der Waals surface area contributed by atoms with Gasteiger partial charge in [-0.3, -0.25) is 5.41 Å². The van der Waals surface area contributed by atoms with Crippen molar-refractivity contribution in [3.63, 3.8) is 0 Å². The first-order chi connectivity index (χ1) is 11.3. The van der Waals surface area contributed by atoms with Gasteiger partial charge in [0, 0.05) is 0 Å². The van der Waals surface area contributed by atoms with Crippen LogP contribution in [-0.2, 0) is 6.42 Å². The highest BCUT2D eigenvalue weighted by atomic mass is 14.4. The highest BCUT2D eigenvalue weighted by Gasteiger charge is 2.05. The van der Waals surface area contributed by atoms with Crippen molar-refractivity contribution in [1.29, 1.82) is 5.41 Å². The molecule has 0 saturated carbocycles. The van der Waals surface area contributed by atoms with Crippen LogP contribution in [0.4, 0.5) is 0 Å². The minimum atomic E-state index is 0.638. The fourth-order valence-corrected chi connectivity index (χ4v) is 2.07. The molecule has 0 spiro atoms. The standard InChI is InChI=1S/C18H19N.2C2H6/c1-2-16(14-13-15-9-5-3-6-10-15)18(19)17-11-7-4-8-12-17;2*1-2/h3-12,14,19H,2,13H2,1H3;2*1-2H3/b16-14-,19-18?;;. The number of allylic oxidation sites excluding steroid dienone is 2. The van der Waals surface area contributed by atoms with Crippen molar-refractivity contribution in [2.24, 2.45) is 0 Å². The summed E-state index contributed by atoms with van der Waals surface area (Å²) in [6, 6.07) is 20.3. The first-order valence-electron chi connectivity index (χ1n) is 8.68. The highest BCUT2D eigenvalue weighted by molar-refractivity contribution is 6.10. The second-order valence-electron chi connectivity index (χ2n) is 4.51. The van der Waals surface area contributed by atoms with E-state index in [-0.39, 0.29) is 0 Å². The maximum absolute atomic E-state index is 8.28. The molecule has 0 aliphatic rings. The predicted octanol–water partition coefficient (Wildman–Crippen LogP) is 6.69. The van der Waals surface area contributed by atoms with Gasteiger partial charge in [0.1, 0.15) is 0 Å². The Kier molecular flexibility index (Phi) is 12.2. The molecule has 0 heterocycles. The molecule has 0 aliphatic carbocycles. The van der Waals surface area contributed by atoms with Crippen molar-refractivity contribution in [3.05, 3.63) is 83.4 Å². The van der Waals surface area contributed by atoms with Crippen LogP contribution in [0.5, 0.6) is 0 Å². The van der Waals surface area contributed by atoms with Crippen molar-refractivity contribution in [2.45, 2.75) is 47.5 Å². The van der Waals surface area contributed by atoms with Crippen molar-refractivity contribution in [2.75, 3.05) is 0 Å². The van der Waals surface area contributed by atoms with Gasteiger partial charge in [-0.2, -0.15) is 0 Å². The van der Waals surface area contributed by atoms with Gasteiger partial charge in [0.25, 0.3) is 0 Å². The van der Waals surface area contributed by atoms with Crippen LogP contribution in [0.15, 0.2) is 72.3 Å². The van der Waals surface area contributed by atoms with E-state index in [9.17, 15) is 0 Å². The summed E-state index contributed by atoms with van der Waals surface area (Å²) in [5, 5.41) is 8.28. The fraction of sp³-hybridized carbons (Fsp3) is 0.318. The monoisotopic (exact) mass is 309 g/mol. The van der Waals surface area contributed by atoms with E-state index in [2.05, 4.69) is 37.3 Å². The zero-order chi connectivity index (χ0) is 17.5. The van der Waals surface area contributed by atoms with Crippen molar-refractivity contribution >= 4 is 5.71 Å². The summed E-state index contributed by atoms with van der Waals surface area (Å²) in [6.45, 7) is 10.1. The molecule has 2 aromatic rings. The van der Waals surface area contributed by atoms with Gasteiger partial charge in [0.2, 0.25) is 0 Å². The summed E-state index contributed by atoms with van der Waals surface area (Å²) in [4.78, 5) is 0. The van der Waals surface area contributed by atoms with Crippen LogP contribution in [0, 0.1) is 5.41 Å². The molecule has 0 unspecified atom stereocenters. The smallest absolute Gasteiger partial charge is 0.0640 e. The van der Waals surface area contributed by atoms with Crippen LogP contribution < -0.4 is 0 Å².